The number of hydrogen-bond donors (Lipinski definition) is 1. The fourth-order valence-corrected chi connectivity index (χ4v) is 2.52. The molecule has 16 heavy (non-hydrogen) atoms. The number of nitrogens with zero attached hydrogens (tertiary/aromatic N) is 2. The molecule has 1 saturated carbocycles. The highest BCUT2D eigenvalue weighted by Crippen LogP contribution is 2.26. The molecule has 2 rings (SSSR count). The summed E-state index contributed by atoms with van der Waals surface area (Å²) < 4.78 is 0. The molecule has 0 bridgehead atoms. The highest BCUT2D eigenvalue weighted by Gasteiger charge is 2.32. The molecule has 0 aromatic heterocycles. The van der Waals surface area contributed by atoms with Gasteiger partial charge in [0.1, 0.15) is 0 Å². The molecule has 0 aromatic carbocycles. The summed E-state index contributed by atoms with van der Waals surface area (Å²) in [6.07, 6.45) is 4.85. The smallest absolute Gasteiger partial charge is 0.236 e. The van der Waals surface area contributed by atoms with E-state index in [2.05, 4.69) is 10.2 Å². The highest BCUT2D eigenvalue weighted by atomic mass is 16.2. The van der Waals surface area contributed by atoms with E-state index >= 15 is 0 Å². The monoisotopic (exact) mass is 225 g/mol. The number of carbonyl (C=O) groups is 1. The van der Waals surface area contributed by atoms with Crippen LogP contribution < -0.4 is 5.32 Å². The van der Waals surface area contributed by atoms with Gasteiger partial charge in [0.15, 0.2) is 0 Å². The lowest BCUT2D eigenvalue weighted by Gasteiger charge is -2.26. The maximum Gasteiger partial charge on any atom is 0.236 e. The molecule has 1 amide bonds. The molecule has 1 saturated heterocycles. The van der Waals surface area contributed by atoms with Gasteiger partial charge in [-0.1, -0.05) is 0 Å². The third-order valence-corrected chi connectivity index (χ3v) is 3.77. The second-order valence-corrected chi connectivity index (χ2v) is 5.06. The average molecular weight is 225 g/mol. The normalized spacial score (nSPS) is 26.0. The fraction of sp³-hybridized carbons (Fsp3) is 0.917. The van der Waals surface area contributed by atoms with Crippen molar-refractivity contribution < 1.29 is 4.79 Å². The third-order valence-electron chi connectivity index (χ3n) is 3.77. The zero-order valence-electron chi connectivity index (χ0n) is 10.4. The largest absolute Gasteiger partial charge is 0.342 e. The number of likely N-dealkylation sites (N-methyl/N-ethyl adjacent to an activating group) is 2. The van der Waals surface area contributed by atoms with E-state index in [0.717, 1.165) is 13.1 Å². The Morgan fingerprint density at radius 2 is 2.19 bits per heavy atom. The Bertz CT molecular complexity index is 253. The first-order chi connectivity index (χ1) is 7.72. The average Bonchev–Trinajstić information content (AvgIpc) is 3.03. The van der Waals surface area contributed by atoms with Gasteiger partial charge in [-0.05, 0) is 39.3 Å². The summed E-state index contributed by atoms with van der Waals surface area (Å²) in [4.78, 5) is 16.3. The van der Waals surface area contributed by atoms with Crippen LogP contribution in [0.4, 0.5) is 0 Å². The molecular formula is C12H23N3O. The van der Waals surface area contributed by atoms with Crippen molar-refractivity contribution in [2.75, 3.05) is 33.7 Å². The van der Waals surface area contributed by atoms with Crippen LogP contribution in [-0.4, -0.2) is 61.5 Å². The van der Waals surface area contributed by atoms with Crippen LogP contribution in [0.25, 0.3) is 0 Å². The lowest BCUT2D eigenvalue weighted by atomic mass is 10.2. The Hall–Kier alpha value is -0.610. The Morgan fingerprint density at radius 1 is 1.44 bits per heavy atom. The topological polar surface area (TPSA) is 35.6 Å². The molecule has 1 heterocycles. The zero-order valence-corrected chi connectivity index (χ0v) is 10.4. The van der Waals surface area contributed by atoms with Crippen LogP contribution in [0.2, 0.25) is 0 Å². The van der Waals surface area contributed by atoms with E-state index in [-0.39, 0.29) is 0 Å². The first-order valence-corrected chi connectivity index (χ1v) is 6.36. The summed E-state index contributed by atoms with van der Waals surface area (Å²) in [5.74, 6) is 0.297. The molecule has 4 heteroatoms. The summed E-state index contributed by atoms with van der Waals surface area (Å²) in [6, 6.07) is 1.10. The van der Waals surface area contributed by atoms with E-state index < -0.39 is 0 Å². The Labute approximate surface area is 98.0 Å². The van der Waals surface area contributed by atoms with Crippen molar-refractivity contribution in [2.24, 2.45) is 0 Å². The zero-order chi connectivity index (χ0) is 11.5. The van der Waals surface area contributed by atoms with Crippen molar-refractivity contribution in [1.29, 1.82) is 0 Å². The van der Waals surface area contributed by atoms with E-state index in [0.29, 0.717) is 24.5 Å². The van der Waals surface area contributed by atoms with Crippen molar-refractivity contribution in [3.05, 3.63) is 0 Å². The van der Waals surface area contributed by atoms with E-state index in [4.69, 9.17) is 0 Å². The molecule has 1 atom stereocenters. The molecule has 92 valence electrons. The molecule has 1 aliphatic heterocycles. The van der Waals surface area contributed by atoms with Crippen LogP contribution in [0, 0.1) is 0 Å². The molecular weight excluding hydrogens is 202 g/mol. The van der Waals surface area contributed by atoms with Crippen LogP contribution in [0.15, 0.2) is 0 Å². The van der Waals surface area contributed by atoms with E-state index in [9.17, 15) is 4.79 Å². The SMILES string of the molecule is CNCC1CCCN1CC(=O)N(C)C1CC1. The van der Waals surface area contributed by atoms with Crippen molar-refractivity contribution in [3.8, 4) is 0 Å². The van der Waals surface area contributed by atoms with Gasteiger partial charge in [0.05, 0.1) is 6.54 Å². The van der Waals surface area contributed by atoms with Gasteiger partial charge in [-0.2, -0.15) is 0 Å². The predicted molar refractivity (Wildman–Crippen MR) is 64.3 cm³/mol. The van der Waals surface area contributed by atoms with Gasteiger partial charge in [0, 0.05) is 25.7 Å². The molecule has 4 nitrogen and oxygen atoms in total. The van der Waals surface area contributed by atoms with Crippen molar-refractivity contribution >= 4 is 5.91 Å². The molecule has 1 unspecified atom stereocenters. The second kappa shape index (κ2) is 5.15. The van der Waals surface area contributed by atoms with E-state index in [1.54, 1.807) is 0 Å². The third kappa shape index (κ3) is 2.74. The summed E-state index contributed by atoms with van der Waals surface area (Å²) in [5, 5.41) is 3.21. The molecule has 0 spiro atoms. The van der Waals surface area contributed by atoms with Crippen LogP contribution in [0.3, 0.4) is 0 Å². The standard InChI is InChI=1S/C12H23N3O/c1-13-8-11-4-3-7-15(11)9-12(16)14(2)10-5-6-10/h10-11,13H,3-9H2,1-2H3. The quantitative estimate of drug-likeness (QED) is 0.730. The summed E-state index contributed by atoms with van der Waals surface area (Å²) in [7, 11) is 3.93. The second-order valence-electron chi connectivity index (χ2n) is 5.06. The summed E-state index contributed by atoms with van der Waals surface area (Å²) in [5.41, 5.74) is 0. The number of amides is 1. The maximum atomic E-state index is 12.0. The minimum absolute atomic E-state index is 0.297. The molecule has 1 aliphatic carbocycles. The minimum Gasteiger partial charge on any atom is -0.342 e. The highest BCUT2D eigenvalue weighted by molar-refractivity contribution is 5.78. The molecule has 0 radical (unpaired) electrons. The van der Waals surface area contributed by atoms with Crippen LogP contribution in [0.1, 0.15) is 25.7 Å². The van der Waals surface area contributed by atoms with Gasteiger partial charge in [-0.25, -0.2) is 0 Å². The van der Waals surface area contributed by atoms with Gasteiger partial charge in [0.2, 0.25) is 5.91 Å². The Morgan fingerprint density at radius 3 is 2.81 bits per heavy atom. The Balaban J connectivity index is 1.80. The number of likely N-dealkylation sites (tertiary alicyclic amines) is 1. The lowest BCUT2D eigenvalue weighted by Crippen LogP contribution is -2.44. The number of carbonyl (C=O) groups excluding carboxylic acids is 1. The van der Waals surface area contributed by atoms with Gasteiger partial charge < -0.3 is 10.2 Å². The number of hydrogen-bond acceptors (Lipinski definition) is 3. The fourth-order valence-electron chi connectivity index (χ4n) is 2.52. The predicted octanol–water partition coefficient (Wildman–Crippen LogP) is 0.291. The number of rotatable bonds is 5. The Kier molecular flexibility index (Phi) is 3.82. The van der Waals surface area contributed by atoms with Crippen LogP contribution in [-0.2, 0) is 4.79 Å². The van der Waals surface area contributed by atoms with Crippen molar-refractivity contribution in [3.63, 3.8) is 0 Å². The summed E-state index contributed by atoms with van der Waals surface area (Å²) in [6.45, 7) is 2.69. The van der Waals surface area contributed by atoms with E-state index in [1.165, 1.54) is 25.7 Å². The van der Waals surface area contributed by atoms with Gasteiger partial charge in [0.25, 0.3) is 0 Å². The molecule has 2 fully saturated rings. The van der Waals surface area contributed by atoms with E-state index in [1.807, 2.05) is 19.0 Å². The maximum absolute atomic E-state index is 12.0. The van der Waals surface area contributed by atoms with Crippen LogP contribution >= 0.6 is 0 Å². The molecule has 2 aliphatic rings. The number of nitrogens with one attached hydrogen (secondary N) is 1. The molecule has 1 N–H and O–H groups in total. The van der Waals surface area contributed by atoms with Gasteiger partial charge >= 0.3 is 0 Å². The minimum atomic E-state index is 0.297. The first kappa shape index (κ1) is 11.9. The molecule has 0 aromatic rings. The summed E-state index contributed by atoms with van der Waals surface area (Å²) >= 11 is 0. The van der Waals surface area contributed by atoms with Gasteiger partial charge in [-0.15, -0.1) is 0 Å². The first-order valence-electron chi connectivity index (χ1n) is 6.36. The van der Waals surface area contributed by atoms with Crippen molar-refractivity contribution in [2.45, 2.75) is 37.8 Å². The van der Waals surface area contributed by atoms with Gasteiger partial charge in [-0.3, -0.25) is 9.69 Å². The van der Waals surface area contributed by atoms with Crippen LogP contribution in [0.5, 0.6) is 0 Å². The van der Waals surface area contributed by atoms with Crippen molar-refractivity contribution in [1.82, 2.24) is 15.1 Å². The lowest BCUT2D eigenvalue weighted by molar-refractivity contribution is -0.131.